The summed E-state index contributed by atoms with van der Waals surface area (Å²) in [6, 6.07) is 0. The lowest BCUT2D eigenvalue weighted by molar-refractivity contribution is -0.160. The van der Waals surface area contributed by atoms with Crippen LogP contribution < -0.4 is 0 Å². The summed E-state index contributed by atoms with van der Waals surface area (Å²) < 4.78 is 4.89. The third kappa shape index (κ3) is 1.40. The van der Waals surface area contributed by atoms with Crippen LogP contribution >= 0.6 is 0 Å². The molecule has 0 aromatic rings. The van der Waals surface area contributed by atoms with Crippen LogP contribution in [0.4, 0.5) is 0 Å². The standard InChI is InChI=1S/C13H14O5/c1-3-4-8-5-6-9(14)11(16)13(8)10(15)7(2)18-12(13)17/h3-8,11,16H,1-2H3/b4-3-/t7-,8+,11-,13+/m1/s1. The van der Waals surface area contributed by atoms with Gasteiger partial charge in [-0.25, -0.2) is 0 Å². The first-order chi connectivity index (χ1) is 8.46. The Hall–Kier alpha value is -1.75. The number of aliphatic hydroxyl groups excluding tert-OH is 1. The molecule has 1 N–H and O–H groups in total. The molecule has 0 saturated carbocycles. The van der Waals surface area contributed by atoms with E-state index in [1.54, 1.807) is 19.1 Å². The summed E-state index contributed by atoms with van der Waals surface area (Å²) in [6.45, 7) is 3.18. The molecule has 0 bridgehead atoms. The summed E-state index contributed by atoms with van der Waals surface area (Å²) in [5.41, 5.74) is -1.81. The van der Waals surface area contributed by atoms with Crippen LogP contribution in [-0.2, 0) is 19.1 Å². The van der Waals surface area contributed by atoms with Crippen LogP contribution in [0.2, 0.25) is 0 Å². The molecule has 1 aliphatic heterocycles. The molecule has 1 spiro atoms. The van der Waals surface area contributed by atoms with Crippen molar-refractivity contribution in [1.82, 2.24) is 0 Å². The number of ether oxygens (including phenoxy) is 1. The smallest absolute Gasteiger partial charge is 0.324 e. The van der Waals surface area contributed by atoms with Crippen molar-refractivity contribution in [2.75, 3.05) is 0 Å². The molecule has 2 rings (SSSR count). The zero-order valence-corrected chi connectivity index (χ0v) is 10.1. The third-order valence-electron chi connectivity index (χ3n) is 3.49. The van der Waals surface area contributed by atoms with E-state index in [1.807, 2.05) is 0 Å². The molecule has 1 aliphatic carbocycles. The second-order valence-corrected chi connectivity index (χ2v) is 4.50. The van der Waals surface area contributed by atoms with Gasteiger partial charge < -0.3 is 9.84 Å². The van der Waals surface area contributed by atoms with Gasteiger partial charge in [0.15, 0.2) is 23.1 Å². The van der Waals surface area contributed by atoms with Crippen LogP contribution in [0.1, 0.15) is 13.8 Å². The Bertz CT molecular complexity index is 476. The van der Waals surface area contributed by atoms with E-state index in [0.717, 1.165) is 0 Å². The van der Waals surface area contributed by atoms with E-state index in [4.69, 9.17) is 4.74 Å². The Kier molecular flexibility index (Phi) is 2.94. The fourth-order valence-electron chi connectivity index (χ4n) is 2.57. The highest BCUT2D eigenvalue weighted by Crippen LogP contribution is 2.45. The highest BCUT2D eigenvalue weighted by Gasteiger charge is 2.65. The zero-order chi connectivity index (χ0) is 13.5. The van der Waals surface area contributed by atoms with Gasteiger partial charge in [-0.05, 0) is 19.9 Å². The van der Waals surface area contributed by atoms with Gasteiger partial charge in [-0.1, -0.05) is 18.2 Å². The van der Waals surface area contributed by atoms with E-state index in [-0.39, 0.29) is 0 Å². The molecule has 0 amide bonds. The van der Waals surface area contributed by atoms with Crippen molar-refractivity contribution in [2.45, 2.75) is 26.1 Å². The molecular formula is C13H14O5. The molecule has 1 heterocycles. The fraction of sp³-hybridized carbons (Fsp3) is 0.462. The summed E-state index contributed by atoms with van der Waals surface area (Å²) in [5, 5.41) is 10.0. The lowest BCUT2D eigenvalue weighted by atomic mass is 9.64. The van der Waals surface area contributed by atoms with Gasteiger partial charge in [0.1, 0.15) is 6.10 Å². The molecule has 1 saturated heterocycles. The van der Waals surface area contributed by atoms with E-state index < -0.39 is 41.1 Å². The van der Waals surface area contributed by atoms with Crippen LogP contribution in [0.3, 0.4) is 0 Å². The number of carbonyl (C=O) groups is 3. The maximum absolute atomic E-state index is 12.2. The van der Waals surface area contributed by atoms with Gasteiger partial charge in [0.25, 0.3) is 0 Å². The number of rotatable bonds is 1. The predicted molar refractivity (Wildman–Crippen MR) is 61.5 cm³/mol. The molecule has 96 valence electrons. The van der Waals surface area contributed by atoms with Gasteiger partial charge in [0.2, 0.25) is 0 Å². The van der Waals surface area contributed by atoms with Gasteiger partial charge in [0, 0.05) is 5.92 Å². The number of hydrogen-bond donors (Lipinski definition) is 1. The SMILES string of the molecule is C/C=C\[C@H]1C=CC(=O)[C@@H](O)[C@]12C(=O)O[C@H](C)C2=O. The Labute approximate surface area is 104 Å². The number of carbonyl (C=O) groups excluding carboxylic acids is 3. The van der Waals surface area contributed by atoms with Crippen molar-refractivity contribution in [3.8, 4) is 0 Å². The van der Waals surface area contributed by atoms with Gasteiger partial charge in [-0.15, -0.1) is 0 Å². The minimum absolute atomic E-state index is 0.541. The van der Waals surface area contributed by atoms with E-state index in [0.29, 0.717) is 0 Å². The maximum Gasteiger partial charge on any atom is 0.324 e. The van der Waals surface area contributed by atoms with E-state index in [2.05, 4.69) is 0 Å². The van der Waals surface area contributed by atoms with Gasteiger partial charge in [-0.3, -0.25) is 14.4 Å². The summed E-state index contributed by atoms with van der Waals surface area (Å²) in [4.78, 5) is 35.8. The highest BCUT2D eigenvalue weighted by atomic mass is 16.6. The Morgan fingerprint density at radius 2 is 2.06 bits per heavy atom. The number of allylic oxidation sites excluding steroid dienone is 3. The molecule has 4 atom stereocenters. The van der Waals surface area contributed by atoms with Crippen LogP contribution in [0.25, 0.3) is 0 Å². The number of Topliss-reactive ketones (excluding diaryl/α,β-unsaturated/α-hetero) is 1. The first-order valence-electron chi connectivity index (χ1n) is 5.74. The molecule has 0 radical (unpaired) electrons. The lowest BCUT2D eigenvalue weighted by Crippen LogP contribution is -2.55. The van der Waals surface area contributed by atoms with Crippen molar-refractivity contribution >= 4 is 17.5 Å². The summed E-state index contributed by atoms with van der Waals surface area (Å²) >= 11 is 0. The van der Waals surface area contributed by atoms with Crippen LogP contribution in [0.5, 0.6) is 0 Å². The van der Waals surface area contributed by atoms with E-state index in [9.17, 15) is 19.5 Å². The molecule has 0 aromatic carbocycles. The number of aliphatic hydroxyl groups is 1. The van der Waals surface area contributed by atoms with Crippen molar-refractivity contribution in [1.29, 1.82) is 0 Å². The number of ketones is 2. The minimum Gasteiger partial charge on any atom is -0.454 e. The minimum atomic E-state index is -1.81. The second-order valence-electron chi connectivity index (χ2n) is 4.50. The first kappa shape index (κ1) is 12.7. The highest BCUT2D eigenvalue weighted by molar-refractivity contribution is 6.17. The number of cyclic esters (lactones) is 1. The molecule has 0 unspecified atom stereocenters. The zero-order valence-electron chi connectivity index (χ0n) is 10.1. The van der Waals surface area contributed by atoms with Crippen molar-refractivity contribution in [2.24, 2.45) is 11.3 Å². The van der Waals surface area contributed by atoms with Gasteiger partial charge >= 0.3 is 5.97 Å². The molecule has 18 heavy (non-hydrogen) atoms. The topological polar surface area (TPSA) is 80.7 Å². The summed E-state index contributed by atoms with van der Waals surface area (Å²) in [5.74, 6) is -2.66. The molecule has 1 fully saturated rings. The Balaban J connectivity index is 2.62. The average Bonchev–Trinajstić information content (AvgIpc) is 2.54. The number of hydrogen-bond acceptors (Lipinski definition) is 5. The van der Waals surface area contributed by atoms with Gasteiger partial charge in [-0.2, -0.15) is 0 Å². The summed E-state index contributed by atoms with van der Waals surface area (Å²) in [7, 11) is 0. The van der Waals surface area contributed by atoms with Crippen molar-refractivity contribution < 1.29 is 24.2 Å². The summed E-state index contributed by atoms with van der Waals surface area (Å²) in [6.07, 6.45) is 3.34. The van der Waals surface area contributed by atoms with Gasteiger partial charge in [0.05, 0.1) is 0 Å². The molecule has 0 aromatic heterocycles. The Morgan fingerprint density at radius 3 is 2.56 bits per heavy atom. The normalized spacial score (nSPS) is 39.9. The predicted octanol–water partition coefficient (Wildman–Crippen LogP) is 0.179. The van der Waals surface area contributed by atoms with Crippen LogP contribution in [0.15, 0.2) is 24.3 Å². The molecule has 2 aliphatic rings. The van der Waals surface area contributed by atoms with Crippen LogP contribution in [-0.4, -0.2) is 34.9 Å². The molecule has 5 nitrogen and oxygen atoms in total. The Morgan fingerprint density at radius 1 is 1.39 bits per heavy atom. The average molecular weight is 250 g/mol. The van der Waals surface area contributed by atoms with Crippen molar-refractivity contribution in [3.63, 3.8) is 0 Å². The maximum atomic E-state index is 12.2. The second kappa shape index (κ2) is 4.17. The third-order valence-corrected chi connectivity index (χ3v) is 3.49. The lowest BCUT2D eigenvalue weighted by Gasteiger charge is -2.34. The van der Waals surface area contributed by atoms with Crippen LogP contribution in [0, 0.1) is 11.3 Å². The van der Waals surface area contributed by atoms with E-state index >= 15 is 0 Å². The molecular weight excluding hydrogens is 236 g/mol. The quantitative estimate of drug-likeness (QED) is 0.408. The first-order valence-corrected chi connectivity index (χ1v) is 5.74. The largest absolute Gasteiger partial charge is 0.454 e. The number of esters is 1. The fourth-order valence-corrected chi connectivity index (χ4v) is 2.57. The van der Waals surface area contributed by atoms with E-state index in [1.165, 1.54) is 19.1 Å². The molecule has 5 heteroatoms. The van der Waals surface area contributed by atoms with Crippen molar-refractivity contribution in [3.05, 3.63) is 24.3 Å². The monoisotopic (exact) mass is 250 g/mol.